The fourth-order valence-corrected chi connectivity index (χ4v) is 5.56. The van der Waals surface area contributed by atoms with E-state index in [-0.39, 0.29) is 11.8 Å². The van der Waals surface area contributed by atoms with Gasteiger partial charge in [-0.1, -0.05) is 23.4 Å². The van der Waals surface area contributed by atoms with Gasteiger partial charge in [0, 0.05) is 49.6 Å². The molecular weight excluding hydrogens is 469 g/mol. The van der Waals surface area contributed by atoms with Gasteiger partial charge in [0.05, 0.1) is 6.54 Å². The summed E-state index contributed by atoms with van der Waals surface area (Å²) in [5.41, 5.74) is 1.27. The average molecular weight is 496 g/mol. The molecule has 10 heteroatoms. The van der Waals surface area contributed by atoms with E-state index >= 15 is 0 Å². The first-order valence-electron chi connectivity index (χ1n) is 11.7. The monoisotopic (exact) mass is 495 g/mol. The Bertz CT molecular complexity index is 1170. The van der Waals surface area contributed by atoms with E-state index in [2.05, 4.69) is 15.0 Å². The maximum atomic E-state index is 13.4. The van der Waals surface area contributed by atoms with Gasteiger partial charge in [-0.3, -0.25) is 14.5 Å². The van der Waals surface area contributed by atoms with Crippen LogP contribution < -0.4 is 0 Å². The van der Waals surface area contributed by atoms with Crippen molar-refractivity contribution in [2.75, 3.05) is 38.5 Å². The second-order valence-electron chi connectivity index (χ2n) is 8.57. The van der Waals surface area contributed by atoms with Crippen molar-refractivity contribution < 1.29 is 18.5 Å². The van der Waals surface area contributed by atoms with E-state index < -0.39 is 11.2 Å². The third-order valence-corrected chi connectivity index (χ3v) is 7.40. The van der Waals surface area contributed by atoms with E-state index in [1.165, 1.54) is 36.0 Å². The molecule has 8 nitrogen and oxygen atoms in total. The minimum Gasteiger partial charge on any atom is -0.339 e. The zero-order chi connectivity index (χ0) is 24.2. The summed E-state index contributed by atoms with van der Waals surface area (Å²) in [6, 6.07) is 15.1. The molecule has 35 heavy (non-hydrogen) atoms. The van der Waals surface area contributed by atoms with Crippen molar-refractivity contribution in [1.82, 2.24) is 24.8 Å². The summed E-state index contributed by atoms with van der Waals surface area (Å²) in [5.74, 6) is 1.13. The predicted octanol–water partition coefficient (Wildman–Crippen LogP) is 3.13. The van der Waals surface area contributed by atoms with Crippen LogP contribution in [-0.4, -0.2) is 80.5 Å². The number of rotatable bonds is 5. The van der Waals surface area contributed by atoms with Gasteiger partial charge < -0.3 is 14.3 Å². The minimum absolute atomic E-state index is 0.0456. The van der Waals surface area contributed by atoms with Crippen LogP contribution in [0.15, 0.2) is 59.1 Å². The Morgan fingerprint density at radius 3 is 2.60 bits per heavy atom. The Labute approximate surface area is 207 Å². The summed E-state index contributed by atoms with van der Waals surface area (Å²) in [5, 5.41) is 3.57. The van der Waals surface area contributed by atoms with Gasteiger partial charge in [0.2, 0.25) is 0 Å². The first-order chi connectivity index (χ1) is 17.1. The van der Waals surface area contributed by atoms with Crippen LogP contribution >= 0.6 is 11.8 Å². The molecule has 0 radical (unpaired) electrons. The standard InChI is InChI=1S/C25H26FN5O3S/c26-20-9-7-19(8-10-20)23(32)31-15-16-35-25(31)24(33)30-12-4-11-29(13-14-30)17-21-27-22(34-28-21)18-5-2-1-3-6-18/h1-3,5-10,25H,4,11-17H2. The molecule has 3 heterocycles. The number of carbonyl (C=O) groups is 2. The fraction of sp³-hybridized carbons (Fsp3) is 0.360. The summed E-state index contributed by atoms with van der Waals surface area (Å²) < 4.78 is 18.7. The first-order valence-corrected chi connectivity index (χ1v) is 12.7. The van der Waals surface area contributed by atoms with Crippen LogP contribution in [0.3, 0.4) is 0 Å². The van der Waals surface area contributed by atoms with Crippen molar-refractivity contribution >= 4 is 23.6 Å². The van der Waals surface area contributed by atoms with Gasteiger partial charge in [-0.15, -0.1) is 11.8 Å². The highest BCUT2D eigenvalue weighted by atomic mass is 32.2. The van der Waals surface area contributed by atoms with E-state index in [0.29, 0.717) is 55.8 Å². The smallest absolute Gasteiger partial charge is 0.257 e. The van der Waals surface area contributed by atoms with Crippen molar-refractivity contribution in [1.29, 1.82) is 0 Å². The highest BCUT2D eigenvalue weighted by molar-refractivity contribution is 8.00. The Hall–Kier alpha value is -3.24. The molecular formula is C25H26FN5O3S. The number of carbonyl (C=O) groups excluding carboxylic acids is 2. The summed E-state index contributed by atoms with van der Waals surface area (Å²) in [6.45, 7) is 3.74. The van der Waals surface area contributed by atoms with Gasteiger partial charge in [-0.2, -0.15) is 4.98 Å². The Morgan fingerprint density at radius 1 is 1.00 bits per heavy atom. The molecule has 3 aromatic rings. The quantitative estimate of drug-likeness (QED) is 0.538. The molecule has 2 aliphatic rings. The number of halogens is 1. The third-order valence-electron chi connectivity index (χ3n) is 6.21. The molecule has 5 rings (SSSR count). The zero-order valence-electron chi connectivity index (χ0n) is 19.2. The van der Waals surface area contributed by atoms with Crippen LogP contribution in [0, 0.1) is 5.82 Å². The highest BCUT2D eigenvalue weighted by Crippen LogP contribution is 2.28. The van der Waals surface area contributed by atoms with E-state index in [1.807, 2.05) is 35.2 Å². The lowest BCUT2D eigenvalue weighted by Crippen LogP contribution is -2.47. The largest absolute Gasteiger partial charge is 0.339 e. The number of nitrogens with zero attached hydrogens (tertiary/aromatic N) is 5. The lowest BCUT2D eigenvalue weighted by atomic mass is 10.2. The van der Waals surface area contributed by atoms with Gasteiger partial charge in [-0.05, 0) is 42.8 Å². The number of amides is 2. The summed E-state index contributed by atoms with van der Waals surface area (Å²) >= 11 is 1.48. The van der Waals surface area contributed by atoms with Crippen molar-refractivity contribution in [3.63, 3.8) is 0 Å². The fourth-order valence-electron chi connectivity index (χ4n) is 4.36. The molecule has 2 saturated heterocycles. The molecule has 2 aliphatic heterocycles. The van der Waals surface area contributed by atoms with Gasteiger partial charge in [-0.25, -0.2) is 4.39 Å². The molecule has 2 fully saturated rings. The van der Waals surface area contributed by atoms with E-state index in [9.17, 15) is 14.0 Å². The van der Waals surface area contributed by atoms with Crippen LogP contribution in [0.4, 0.5) is 4.39 Å². The van der Waals surface area contributed by atoms with Crippen LogP contribution in [0.5, 0.6) is 0 Å². The number of hydrogen-bond donors (Lipinski definition) is 0. The lowest BCUT2D eigenvalue weighted by molar-refractivity contribution is -0.132. The van der Waals surface area contributed by atoms with Gasteiger partial charge >= 0.3 is 0 Å². The summed E-state index contributed by atoms with van der Waals surface area (Å²) in [7, 11) is 0. The van der Waals surface area contributed by atoms with Crippen molar-refractivity contribution in [2.24, 2.45) is 0 Å². The second kappa shape index (κ2) is 10.6. The molecule has 2 aromatic carbocycles. The van der Waals surface area contributed by atoms with Crippen molar-refractivity contribution in [3.8, 4) is 11.5 Å². The zero-order valence-corrected chi connectivity index (χ0v) is 20.0. The van der Waals surface area contributed by atoms with Crippen LogP contribution in [0.2, 0.25) is 0 Å². The van der Waals surface area contributed by atoms with Crippen molar-refractivity contribution in [3.05, 3.63) is 71.8 Å². The highest BCUT2D eigenvalue weighted by Gasteiger charge is 2.38. The van der Waals surface area contributed by atoms with Gasteiger partial charge in [0.15, 0.2) is 11.2 Å². The maximum absolute atomic E-state index is 13.4. The molecule has 182 valence electrons. The molecule has 1 aromatic heterocycles. The number of hydrogen-bond acceptors (Lipinski definition) is 7. The Morgan fingerprint density at radius 2 is 1.80 bits per heavy atom. The third kappa shape index (κ3) is 5.38. The molecule has 0 bridgehead atoms. The number of aromatic nitrogens is 2. The Kier molecular flexibility index (Phi) is 7.10. The maximum Gasteiger partial charge on any atom is 0.257 e. The van der Waals surface area contributed by atoms with Crippen LogP contribution in [0.1, 0.15) is 22.6 Å². The molecule has 0 N–H and O–H groups in total. The summed E-state index contributed by atoms with van der Waals surface area (Å²) in [4.78, 5) is 36.5. The average Bonchev–Trinajstić information content (AvgIpc) is 3.50. The minimum atomic E-state index is -0.551. The second-order valence-corrected chi connectivity index (χ2v) is 9.75. The normalized spacial score (nSPS) is 19.1. The van der Waals surface area contributed by atoms with Gasteiger partial charge in [0.25, 0.3) is 17.7 Å². The molecule has 0 spiro atoms. The molecule has 0 aliphatic carbocycles. The predicted molar refractivity (Wildman–Crippen MR) is 130 cm³/mol. The summed E-state index contributed by atoms with van der Waals surface area (Å²) in [6.07, 6.45) is 0.818. The first kappa shape index (κ1) is 23.5. The van der Waals surface area contributed by atoms with Gasteiger partial charge in [0.1, 0.15) is 5.82 Å². The van der Waals surface area contributed by atoms with Crippen LogP contribution in [-0.2, 0) is 11.3 Å². The van der Waals surface area contributed by atoms with E-state index in [0.717, 1.165) is 18.5 Å². The molecule has 2 amide bonds. The Balaban J connectivity index is 1.19. The van der Waals surface area contributed by atoms with Crippen LogP contribution in [0.25, 0.3) is 11.5 Å². The topological polar surface area (TPSA) is 82.8 Å². The van der Waals surface area contributed by atoms with Crippen molar-refractivity contribution in [2.45, 2.75) is 18.3 Å². The lowest BCUT2D eigenvalue weighted by Gasteiger charge is -2.29. The number of benzene rings is 2. The van der Waals surface area contributed by atoms with E-state index in [4.69, 9.17) is 4.52 Å². The van der Waals surface area contributed by atoms with E-state index in [1.54, 1.807) is 4.90 Å². The SMILES string of the molecule is O=C(C1SCCN1C(=O)c1ccc(F)cc1)N1CCCN(Cc2noc(-c3ccccc3)n2)CC1. The molecule has 1 atom stereocenters. The molecule has 0 saturated carbocycles. The number of thioether (sulfide) groups is 1. The molecule has 1 unspecified atom stereocenters.